The molecule has 0 bridgehead atoms. The maximum absolute atomic E-state index is 12.9. The zero-order chi connectivity index (χ0) is 17.4. The van der Waals surface area contributed by atoms with Gasteiger partial charge in [0.1, 0.15) is 17.2 Å². The van der Waals surface area contributed by atoms with Crippen molar-refractivity contribution in [3.05, 3.63) is 46.8 Å². The van der Waals surface area contributed by atoms with Crippen LogP contribution in [0.25, 0.3) is 0 Å². The third kappa shape index (κ3) is 3.15. The number of rotatable bonds is 4. The number of carbonyl (C=O) groups excluding carboxylic acids is 1. The van der Waals surface area contributed by atoms with E-state index in [1.807, 2.05) is 30.9 Å². The number of likely N-dealkylation sites (tertiary alicyclic amines) is 1. The molecule has 1 aromatic heterocycles. The molecule has 132 valence electrons. The second-order valence-corrected chi connectivity index (χ2v) is 7.10. The lowest BCUT2D eigenvalue weighted by Crippen LogP contribution is -2.40. The van der Waals surface area contributed by atoms with Crippen molar-refractivity contribution in [2.75, 3.05) is 6.54 Å². The number of benzene rings is 1. The third-order valence-corrected chi connectivity index (χ3v) is 5.25. The van der Waals surface area contributed by atoms with Crippen LogP contribution < -0.4 is 4.74 Å². The summed E-state index contributed by atoms with van der Waals surface area (Å²) in [5.74, 6) is 1.58. The lowest BCUT2D eigenvalue weighted by molar-refractivity contribution is -0.139. The quantitative estimate of drug-likeness (QED) is 0.853. The molecular weight excluding hydrogens is 316 g/mol. The highest BCUT2D eigenvalue weighted by molar-refractivity contribution is 5.81. The van der Waals surface area contributed by atoms with Gasteiger partial charge in [-0.05, 0) is 69.2 Å². The lowest BCUT2D eigenvalue weighted by Gasteiger charge is -2.26. The third-order valence-electron chi connectivity index (χ3n) is 5.25. The number of carbonyl (C=O) groups is 1. The van der Waals surface area contributed by atoms with Gasteiger partial charge in [-0.25, -0.2) is 0 Å². The van der Waals surface area contributed by atoms with E-state index in [0.717, 1.165) is 49.4 Å². The monoisotopic (exact) mass is 340 g/mol. The van der Waals surface area contributed by atoms with Gasteiger partial charge in [-0.1, -0.05) is 11.2 Å². The fourth-order valence-corrected chi connectivity index (χ4v) is 3.99. The van der Waals surface area contributed by atoms with Crippen molar-refractivity contribution >= 4 is 5.91 Å². The summed E-state index contributed by atoms with van der Waals surface area (Å²) in [6.07, 6.45) is 4.86. The van der Waals surface area contributed by atoms with E-state index >= 15 is 0 Å². The van der Waals surface area contributed by atoms with E-state index < -0.39 is 6.10 Å². The molecule has 2 atom stereocenters. The predicted octanol–water partition coefficient (Wildman–Crippen LogP) is 3.60. The van der Waals surface area contributed by atoms with Crippen molar-refractivity contribution in [3.63, 3.8) is 0 Å². The molecule has 1 aromatic carbocycles. The summed E-state index contributed by atoms with van der Waals surface area (Å²) in [4.78, 5) is 14.8. The topological polar surface area (TPSA) is 55.6 Å². The molecule has 0 radical (unpaired) electrons. The van der Waals surface area contributed by atoms with E-state index in [1.54, 1.807) is 0 Å². The van der Waals surface area contributed by atoms with Crippen LogP contribution in [0, 0.1) is 6.92 Å². The van der Waals surface area contributed by atoms with Gasteiger partial charge in [0.25, 0.3) is 5.91 Å². The fraction of sp³-hybridized carbons (Fsp3) is 0.500. The maximum Gasteiger partial charge on any atom is 0.263 e. The molecule has 2 aromatic rings. The Morgan fingerprint density at radius 1 is 1.28 bits per heavy atom. The molecule has 5 nitrogen and oxygen atoms in total. The number of amides is 1. The molecule has 2 unspecified atom stereocenters. The summed E-state index contributed by atoms with van der Waals surface area (Å²) in [6, 6.07) is 8.12. The van der Waals surface area contributed by atoms with Crippen LogP contribution in [0.4, 0.5) is 0 Å². The van der Waals surface area contributed by atoms with Crippen LogP contribution in [0.3, 0.4) is 0 Å². The zero-order valence-corrected chi connectivity index (χ0v) is 14.8. The molecule has 0 spiro atoms. The standard InChI is InChI=1S/C20H24N2O3/c1-13-11-18(21-25-13)19-7-4-10-22(19)20(23)14(2)24-17-9-8-15-5-3-6-16(15)12-17/h8-9,11-12,14,19H,3-7,10H2,1-2H3. The number of ether oxygens (including phenoxy) is 1. The Hall–Kier alpha value is -2.30. The van der Waals surface area contributed by atoms with Gasteiger partial charge in [0.15, 0.2) is 6.10 Å². The number of aromatic nitrogens is 1. The van der Waals surface area contributed by atoms with Gasteiger partial charge in [-0.15, -0.1) is 0 Å². The number of fused-ring (bicyclic) bond motifs is 1. The van der Waals surface area contributed by atoms with Crippen molar-refractivity contribution in [1.82, 2.24) is 10.1 Å². The highest BCUT2D eigenvalue weighted by Crippen LogP contribution is 2.33. The van der Waals surface area contributed by atoms with Crippen LogP contribution in [-0.4, -0.2) is 28.6 Å². The molecule has 2 aliphatic rings. The van der Waals surface area contributed by atoms with E-state index in [4.69, 9.17) is 9.26 Å². The fourth-order valence-electron chi connectivity index (χ4n) is 3.99. The normalized spacial score (nSPS) is 20.6. The molecule has 5 heteroatoms. The molecular formula is C20H24N2O3. The Morgan fingerprint density at radius 3 is 2.92 bits per heavy atom. The highest BCUT2D eigenvalue weighted by atomic mass is 16.5. The molecule has 4 rings (SSSR count). The van der Waals surface area contributed by atoms with E-state index in [-0.39, 0.29) is 11.9 Å². The highest BCUT2D eigenvalue weighted by Gasteiger charge is 2.35. The first-order chi connectivity index (χ1) is 12.1. The summed E-state index contributed by atoms with van der Waals surface area (Å²) in [7, 11) is 0. The van der Waals surface area contributed by atoms with Crippen molar-refractivity contribution in [1.29, 1.82) is 0 Å². The Kier molecular flexibility index (Phi) is 4.24. The van der Waals surface area contributed by atoms with Crippen LogP contribution in [0.2, 0.25) is 0 Å². The molecule has 1 aliphatic heterocycles. The minimum Gasteiger partial charge on any atom is -0.481 e. The molecule has 1 amide bonds. The molecule has 0 saturated carbocycles. The van der Waals surface area contributed by atoms with Gasteiger partial charge in [0.05, 0.1) is 6.04 Å². The first-order valence-corrected chi connectivity index (χ1v) is 9.14. The van der Waals surface area contributed by atoms with Gasteiger partial charge >= 0.3 is 0 Å². The summed E-state index contributed by atoms with van der Waals surface area (Å²) < 4.78 is 11.2. The molecule has 2 heterocycles. The zero-order valence-electron chi connectivity index (χ0n) is 14.8. The van der Waals surface area contributed by atoms with E-state index in [9.17, 15) is 4.79 Å². The summed E-state index contributed by atoms with van der Waals surface area (Å²) in [5, 5.41) is 4.10. The van der Waals surface area contributed by atoms with E-state index in [0.29, 0.717) is 0 Å². The second-order valence-electron chi connectivity index (χ2n) is 7.10. The second kappa shape index (κ2) is 6.54. The average Bonchev–Trinajstić information content (AvgIpc) is 3.33. The van der Waals surface area contributed by atoms with Gasteiger partial charge in [0, 0.05) is 12.6 Å². The number of nitrogens with zero attached hydrogens (tertiary/aromatic N) is 2. The first kappa shape index (κ1) is 16.2. The van der Waals surface area contributed by atoms with Crippen molar-refractivity contribution < 1.29 is 14.1 Å². The summed E-state index contributed by atoms with van der Waals surface area (Å²) in [6.45, 7) is 4.45. The minimum atomic E-state index is -0.506. The minimum absolute atomic E-state index is 0.00368. The Morgan fingerprint density at radius 2 is 2.12 bits per heavy atom. The lowest BCUT2D eigenvalue weighted by atomic mass is 10.1. The number of hydrogen-bond donors (Lipinski definition) is 0. The number of hydrogen-bond acceptors (Lipinski definition) is 4. The molecule has 1 fully saturated rings. The summed E-state index contributed by atoms with van der Waals surface area (Å²) >= 11 is 0. The Labute approximate surface area is 147 Å². The molecule has 0 N–H and O–H groups in total. The van der Waals surface area contributed by atoms with Crippen LogP contribution in [0.15, 0.2) is 28.8 Å². The van der Waals surface area contributed by atoms with Crippen molar-refractivity contribution in [2.45, 2.75) is 58.1 Å². The van der Waals surface area contributed by atoms with Gasteiger partial charge in [-0.2, -0.15) is 0 Å². The van der Waals surface area contributed by atoms with Gasteiger partial charge in [0.2, 0.25) is 0 Å². The maximum atomic E-state index is 12.9. The Bertz CT molecular complexity index is 783. The number of aryl methyl sites for hydroxylation is 3. The van der Waals surface area contributed by atoms with Crippen LogP contribution >= 0.6 is 0 Å². The van der Waals surface area contributed by atoms with Gasteiger partial charge in [-0.3, -0.25) is 4.79 Å². The summed E-state index contributed by atoms with van der Waals surface area (Å²) in [5.41, 5.74) is 3.61. The smallest absolute Gasteiger partial charge is 0.263 e. The van der Waals surface area contributed by atoms with Crippen LogP contribution in [0.1, 0.15) is 54.8 Å². The van der Waals surface area contributed by atoms with E-state index in [1.165, 1.54) is 17.5 Å². The van der Waals surface area contributed by atoms with Crippen LogP contribution in [0.5, 0.6) is 5.75 Å². The predicted molar refractivity (Wildman–Crippen MR) is 93.5 cm³/mol. The molecule has 1 saturated heterocycles. The average molecular weight is 340 g/mol. The van der Waals surface area contributed by atoms with Gasteiger partial charge < -0.3 is 14.2 Å². The van der Waals surface area contributed by atoms with Crippen molar-refractivity contribution in [2.24, 2.45) is 0 Å². The van der Waals surface area contributed by atoms with E-state index in [2.05, 4.69) is 17.3 Å². The Balaban J connectivity index is 1.46. The SMILES string of the molecule is Cc1cc(C2CCCN2C(=O)C(C)Oc2ccc3c(c2)CCC3)no1. The molecule has 25 heavy (non-hydrogen) atoms. The largest absolute Gasteiger partial charge is 0.481 e. The van der Waals surface area contributed by atoms with Crippen molar-refractivity contribution in [3.8, 4) is 5.75 Å². The van der Waals surface area contributed by atoms with Crippen LogP contribution in [-0.2, 0) is 17.6 Å². The molecule has 1 aliphatic carbocycles. The first-order valence-electron chi connectivity index (χ1n) is 9.14.